The number of hydrogen-bond donors (Lipinski definition) is 1. The maximum Gasteiger partial charge on any atom is 0.322 e. The first-order valence-corrected chi connectivity index (χ1v) is 10.9. The van der Waals surface area contributed by atoms with Crippen LogP contribution in [0.5, 0.6) is 0 Å². The summed E-state index contributed by atoms with van der Waals surface area (Å²) < 4.78 is 13.6. The van der Waals surface area contributed by atoms with Crippen LogP contribution in [-0.2, 0) is 11.3 Å². The van der Waals surface area contributed by atoms with Gasteiger partial charge in [-0.25, -0.2) is 9.18 Å². The van der Waals surface area contributed by atoms with Crippen molar-refractivity contribution in [2.45, 2.75) is 38.8 Å². The Kier molecular flexibility index (Phi) is 4.80. The highest BCUT2D eigenvalue weighted by Gasteiger charge is 2.42. The number of carbonyl (C=O) groups is 2. The SMILES string of the molecule is CC(C)c1ccccc1C1=C[C@@H]2C[C@H]1CN2C(=O)CN1Cc2cc(F)ccc2NC1=O. The molecule has 2 atom stereocenters. The van der Waals surface area contributed by atoms with Gasteiger partial charge in [-0.1, -0.05) is 44.2 Å². The van der Waals surface area contributed by atoms with Crippen molar-refractivity contribution in [3.05, 3.63) is 71.0 Å². The van der Waals surface area contributed by atoms with E-state index in [9.17, 15) is 14.0 Å². The van der Waals surface area contributed by atoms with Crippen LogP contribution in [0, 0.1) is 11.7 Å². The number of benzene rings is 2. The van der Waals surface area contributed by atoms with Crippen molar-refractivity contribution < 1.29 is 14.0 Å². The maximum absolute atomic E-state index is 13.6. The van der Waals surface area contributed by atoms with Gasteiger partial charge < -0.3 is 15.1 Å². The van der Waals surface area contributed by atoms with E-state index in [1.807, 2.05) is 4.90 Å². The summed E-state index contributed by atoms with van der Waals surface area (Å²) in [4.78, 5) is 28.8. The van der Waals surface area contributed by atoms with E-state index in [0.717, 1.165) is 6.42 Å². The van der Waals surface area contributed by atoms with Gasteiger partial charge in [-0.15, -0.1) is 0 Å². The number of nitrogens with zero attached hydrogens (tertiary/aromatic N) is 2. The molecule has 0 saturated carbocycles. The molecule has 3 amide bonds. The summed E-state index contributed by atoms with van der Waals surface area (Å²) in [6, 6.07) is 12.6. The molecular formula is C25H26FN3O2. The van der Waals surface area contributed by atoms with Crippen LogP contribution in [0.25, 0.3) is 5.57 Å². The fraction of sp³-hybridized carbons (Fsp3) is 0.360. The highest BCUT2D eigenvalue weighted by molar-refractivity contribution is 5.95. The first-order valence-electron chi connectivity index (χ1n) is 10.9. The molecule has 5 nitrogen and oxygen atoms in total. The zero-order chi connectivity index (χ0) is 21.7. The van der Waals surface area contributed by atoms with E-state index >= 15 is 0 Å². The number of halogens is 1. The smallest absolute Gasteiger partial charge is 0.322 e. The Labute approximate surface area is 181 Å². The van der Waals surface area contributed by atoms with Crippen LogP contribution < -0.4 is 5.32 Å². The third-order valence-electron chi connectivity index (χ3n) is 6.65. The Balaban J connectivity index is 1.30. The monoisotopic (exact) mass is 419 g/mol. The molecule has 0 unspecified atom stereocenters. The lowest BCUT2D eigenvalue weighted by Crippen LogP contribution is -2.47. The van der Waals surface area contributed by atoms with Crippen LogP contribution >= 0.6 is 0 Å². The largest absolute Gasteiger partial charge is 0.334 e. The number of rotatable bonds is 4. The average Bonchev–Trinajstić information content (AvgIpc) is 3.35. The normalized spacial score (nSPS) is 21.9. The summed E-state index contributed by atoms with van der Waals surface area (Å²) >= 11 is 0. The molecule has 1 N–H and O–H groups in total. The molecule has 2 aromatic rings. The first kappa shape index (κ1) is 19.8. The highest BCUT2D eigenvalue weighted by Crippen LogP contribution is 2.44. The van der Waals surface area contributed by atoms with E-state index in [4.69, 9.17) is 0 Å². The summed E-state index contributed by atoms with van der Waals surface area (Å²) in [6.07, 6.45) is 3.17. The van der Waals surface area contributed by atoms with Gasteiger partial charge in [0.15, 0.2) is 0 Å². The molecule has 1 saturated heterocycles. The number of fused-ring (bicyclic) bond motifs is 3. The number of amides is 3. The van der Waals surface area contributed by atoms with Gasteiger partial charge in [-0.3, -0.25) is 4.79 Å². The van der Waals surface area contributed by atoms with Gasteiger partial charge in [-0.05, 0) is 52.8 Å². The van der Waals surface area contributed by atoms with Gasteiger partial charge in [0.2, 0.25) is 5.91 Å². The number of hydrogen-bond acceptors (Lipinski definition) is 2. The van der Waals surface area contributed by atoms with Crippen molar-refractivity contribution in [3.63, 3.8) is 0 Å². The molecule has 3 aliphatic rings. The Morgan fingerprint density at radius 1 is 1.23 bits per heavy atom. The molecule has 2 aliphatic heterocycles. The highest BCUT2D eigenvalue weighted by atomic mass is 19.1. The Morgan fingerprint density at radius 2 is 2.03 bits per heavy atom. The standard InChI is InChI=1S/C25H26FN3O2/c1-15(2)20-5-3-4-6-21(20)22-11-19-10-16(22)13-29(19)24(30)14-28-12-17-9-18(26)7-8-23(17)27-25(28)31/h3-9,11,15-16,19H,10,12-14H2,1-2H3,(H,27,31)/t16-,19-/m0/s1. The summed E-state index contributed by atoms with van der Waals surface area (Å²) in [5.41, 5.74) is 5.27. The van der Waals surface area contributed by atoms with Crippen molar-refractivity contribution >= 4 is 23.2 Å². The number of carbonyl (C=O) groups excluding carboxylic acids is 2. The summed E-state index contributed by atoms with van der Waals surface area (Å²) in [7, 11) is 0. The van der Waals surface area contributed by atoms with Crippen molar-refractivity contribution in [1.29, 1.82) is 0 Å². The van der Waals surface area contributed by atoms with Gasteiger partial charge in [0.05, 0.1) is 12.6 Å². The molecule has 2 heterocycles. The second-order valence-electron chi connectivity index (χ2n) is 9.00. The van der Waals surface area contributed by atoms with Gasteiger partial charge in [0.25, 0.3) is 0 Å². The average molecular weight is 420 g/mol. The second kappa shape index (κ2) is 7.52. The number of anilines is 1. The molecule has 1 aliphatic carbocycles. The summed E-state index contributed by atoms with van der Waals surface area (Å²) in [5, 5.41) is 2.75. The van der Waals surface area contributed by atoms with E-state index < -0.39 is 0 Å². The topological polar surface area (TPSA) is 52.7 Å². The third-order valence-corrected chi connectivity index (χ3v) is 6.65. The third kappa shape index (κ3) is 3.50. The molecule has 0 aromatic heterocycles. The molecule has 0 radical (unpaired) electrons. The van der Waals surface area contributed by atoms with Gasteiger partial charge >= 0.3 is 6.03 Å². The summed E-state index contributed by atoms with van der Waals surface area (Å²) in [5.74, 6) is 0.366. The molecule has 5 rings (SSSR count). The molecular weight excluding hydrogens is 393 g/mol. The Bertz CT molecular complexity index is 1090. The molecule has 0 spiro atoms. The number of urea groups is 1. The molecule has 1 fully saturated rings. The second-order valence-corrected chi connectivity index (χ2v) is 9.00. The van der Waals surface area contributed by atoms with Crippen LogP contribution in [0.4, 0.5) is 14.9 Å². The van der Waals surface area contributed by atoms with E-state index in [2.05, 4.69) is 49.5 Å². The Morgan fingerprint density at radius 3 is 2.77 bits per heavy atom. The zero-order valence-corrected chi connectivity index (χ0v) is 17.8. The van der Waals surface area contributed by atoms with Crippen molar-refractivity contribution in [2.24, 2.45) is 5.92 Å². The number of nitrogens with one attached hydrogen (secondary N) is 1. The van der Waals surface area contributed by atoms with E-state index in [1.54, 1.807) is 6.07 Å². The quantitative estimate of drug-likeness (QED) is 0.787. The molecule has 31 heavy (non-hydrogen) atoms. The maximum atomic E-state index is 13.6. The van der Waals surface area contributed by atoms with Crippen LogP contribution in [0.3, 0.4) is 0 Å². The van der Waals surface area contributed by atoms with Crippen LogP contribution in [0.15, 0.2) is 48.5 Å². The summed E-state index contributed by atoms with van der Waals surface area (Å²) in [6.45, 7) is 5.32. The van der Waals surface area contributed by atoms with E-state index in [-0.39, 0.29) is 36.9 Å². The van der Waals surface area contributed by atoms with Crippen molar-refractivity contribution in [1.82, 2.24) is 9.80 Å². The van der Waals surface area contributed by atoms with Crippen molar-refractivity contribution in [2.75, 3.05) is 18.4 Å². The lowest BCUT2D eigenvalue weighted by atomic mass is 9.87. The fourth-order valence-electron chi connectivity index (χ4n) is 5.12. The fourth-order valence-corrected chi connectivity index (χ4v) is 5.12. The number of likely N-dealkylation sites (tertiary alicyclic amines) is 1. The first-order chi connectivity index (χ1) is 14.9. The van der Waals surface area contributed by atoms with Crippen LogP contribution in [0.1, 0.15) is 42.9 Å². The van der Waals surface area contributed by atoms with Gasteiger partial charge in [0.1, 0.15) is 12.4 Å². The molecule has 6 heteroatoms. The van der Waals surface area contributed by atoms with Crippen LogP contribution in [0.2, 0.25) is 0 Å². The van der Waals surface area contributed by atoms with Crippen LogP contribution in [-0.4, -0.2) is 40.9 Å². The minimum absolute atomic E-state index is 0.00321. The molecule has 2 aromatic carbocycles. The van der Waals surface area contributed by atoms with Gasteiger partial charge in [0, 0.05) is 18.2 Å². The minimum atomic E-state index is -0.350. The lowest BCUT2D eigenvalue weighted by molar-refractivity contribution is -0.132. The predicted octanol–water partition coefficient (Wildman–Crippen LogP) is 4.61. The minimum Gasteiger partial charge on any atom is -0.334 e. The van der Waals surface area contributed by atoms with Gasteiger partial charge in [-0.2, -0.15) is 0 Å². The predicted molar refractivity (Wildman–Crippen MR) is 118 cm³/mol. The zero-order valence-electron chi connectivity index (χ0n) is 17.8. The lowest BCUT2D eigenvalue weighted by Gasteiger charge is -2.32. The van der Waals surface area contributed by atoms with E-state index in [1.165, 1.54) is 33.7 Å². The van der Waals surface area contributed by atoms with Crippen molar-refractivity contribution in [3.8, 4) is 0 Å². The molecule has 160 valence electrons. The molecule has 2 bridgehead atoms. The Hall–Kier alpha value is -3.15. The van der Waals surface area contributed by atoms with E-state index in [0.29, 0.717) is 29.6 Å².